The van der Waals surface area contributed by atoms with E-state index in [1.807, 2.05) is 18.2 Å². The van der Waals surface area contributed by atoms with Crippen LogP contribution in [0.25, 0.3) is 44.2 Å². The summed E-state index contributed by atoms with van der Waals surface area (Å²) in [6.45, 7) is 2.12. The smallest absolute Gasteiger partial charge is 0.222 e. The average molecular weight is 605 g/mol. The van der Waals surface area contributed by atoms with E-state index in [9.17, 15) is 30.7 Å². The number of ether oxygens (including phenoxy) is 1. The summed E-state index contributed by atoms with van der Waals surface area (Å²) >= 11 is 0. The van der Waals surface area contributed by atoms with Crippen molar-refractivity contribution in [2.45, 2.75) is 32.2 Å². The van der Waals surface area contributed by atoms with Crippen LogP contribution in [0.3, 0.4) is 0 Å². The molecule has 0 unspecified atom stereocenters. The lowest BCUT2D eigenvalue weighted by Gasteiger charge is -2.20. The normalized spacial score (nSPS) is 12.2. The number of alkyl halides is 5. The Bertz CT molecular complexity index is 1760. The van der Waals surface area contributed by atoms with Crippen molar-refractivity contribution in [1.82, 2.24) is 0 Å². The minimum Gasteiger partial charge on any atom is -0.222 e. The van der Waals surface area contributed by atoms with Gasteiger partial charge in [-0.2, -0.15) is 8.78 Å². The van der Waals surface area contributed by atoms with E-state index in [1.165, 1.54) is 5.56 Å². The Labute approximate surface area is 240 Å². The molecule has 0 saturated heterocycles. The van der Waals surface area contributed by atoms with E-state index in [4.69, 9.17) is 0 Å². The van der Waals surface area contributed by atoms with E-state index < -0.39 is 52.4 Å². The minimum atomic E-state index is -5.92. The molecular formula is C33H21F9O. The van der Waals surface area contributed by atoms with E-state index in [1.54, 1.807) is 24.3 Å². The molecule has 1 nitrogen and oxygen atoms in total. The van der Waals surface area contributed by atoms with E-state index in [0.717, 1.165) is 46.9 Å². The summed E-state index contributed by atoms with van der Waals surface area (Å²) in [4.78, 5) is 0. The minimum absolute atomic E-state index is 0.0786. The van der Waals surface area contributed by atoms with Crippen LogP contribution in [0.15, 0.2) is 84.9 Å². The number of halogens is 9. The number of fused-ring (bicyclic) bond motifs is 1. The topological polar surface area (TPSA) is 9.23 Å². The summed E-state index contributed by atoms with van der Waals surface area (Å²) in [6.07, 6.45) is -9.31. The van der Waals surface area contributed by atoms with Gasteiger partial charge in [-0.05, 0) is 80.9 Å². The maximum absolute atomic E-state index is 15.1. The van der Waals surface area contributed by atoms with Crippen LogP contribution in [0.5, 0.6) is 0 Å². The maximum Gasteiger partial charge on any atom is 0.527 e. The van der Waals surface area contributed by atoms with Crippen molar-refractivity contribution < 1.29 is 44.3 Å². The van der Waals surface area contributed by atoms with Gasteiger partial charge >= 0.3 is 12.5 Å². The van der Waals surface area contributed by atoms with Crippen LogP contribution < -0.4 is 0 Å². The highest BCUT2D eigenvalue weighted by Crippen LogP contribution is 2.41. The van der Waals surface area contributed by atoms with Gasteiger partial charge in [0.1, 0.15) is 28.8 Å². The first kappa shape index (κ1) is 30.2. The van der Waals surface area contributed by atoms with Crippen molar-refractivity contribution in [2.24, 2.45) is 0 Å². The molecule has 0 aliphatic rings. The lowest BCUT2D eigenvalue weighted by atomic mass is 9.95. The van der Waals surface area contributed by atoms with Crippen molar-refractivity contribution in [3.05, 3.63) is 119 Å². The summed E-state index contributed by atoms with van der Waals surface area (Å²) in [5.41, 5.74) is -0.628. The molecule has 0 radical (unpaired) electrons. The number of benzene rings is 5. The second-order valence-corrected chi connectivity index (χ2v) is 9.92. The van der Waals surface area contributed by atoms with Crippen molar-refractivity contribution in [3.63, 3.8) is 0 Å². The Balaban J connectivity index is 1.43. The van der Waals surface area contributed by atoms with E-state index in [-0.39, 0.29) is 17.7 Å². The van der Waals surface area contributed by atoms with E-state index in [0.29, 0.717) is 5.56 Å². The molecule has 0 aliphatic carbocycles. The summed E-state index contributed by atoms with van der Waals surface area (Å²) in [6, 6.07) is 21.1. The molecule has 222 valence electrons. The van der Waals surface area contributed by atoms with Gasteiger partial charge in [0.2, 0.25) is 0 Å². The highest BCUT2D eigenvalue weighted by atomic mass is 19.4. The molecule has 0 fully saturated rings. The molecule has 0 heterocycles. The zero-order valence-corrected chi connectivity index (χ0v) is 22.3. The van der Waals surface area contributed by atoms with Crippen LogP contribution in [-0.2, 0) is 17.3 Å². The highest BCUT2D eigenvalue weighted by Gasteiger charge is 2.49. The van der Waals surface area contributed by atoms with Crippen LogP contribution in [0.4, 0.5) is 39.5 Å². The standard InChI is InChI=1S/C33H21F9O/c1-2-3-18-4-5-23-13-22(11-10-21(23)12-18)19-6-8-20(9-7-19)24-14-26(34)30(27(35)15-24)25-16-28(36)31(29(37)17-25)32(38,39)43-33(40,41)42/h4-17H,2-3H2,1H3. The molecule has 0 bridgehead atoms. The molecule has 0 aromatic heterocycles. The molecule has 43 heavy (non-hydrogen) atoms. The van der Waals surface area contributed by atoms with Crippen molar-refractivity contribution >= 4 is 10.8 Å². The van der Waals surface area contributed by atoms with Gasteiger partial charge in [0.25, 0.3) is 0 Å². The summed E-state index contributed by atoms with van der Waals surface area (Å²) in [5, 5.41) is 2.16. The fraction of sp³-hybridized carbons (Fsp3) is 0.152. The van der Waals surface area contributed by atoms with Crippen molar-refractivity contribution in [1.29, 1.82) is 0 Å². The Hall–Kier alpha value is -4.31. The Morgan fingerprint density at radius 2 is 1.02 bits per heavy atom. The summed E-state index contributed by atoms with van der Waals surface area (Å²) in [7, 11) is 0. The van der Waals surface area contributed by atoms with Gasteiger partial charge in [-0.1, -0.05) is 67.9 Å². The quantitative estimate of drug-likeness (QED) is 0.168. The Kier molecular flexibility index (Phi) is 8.00. The first-order valence-electron chi connectivity index (χ1n) is 13.0. The average Bonchev–Trinajstić information content (AvgIpc) is 2.91. The summed E-state index contributed by atoms with van der Waals surface area (Å²) < 4.78 is 126. The van der Waals surface area contributed by atoms with Gasteiger partial charge < -0.3 is 0 Å². The van der Waals surface area contributed by atoms with Crippen LogP contribution in [0, 0.1) is 23.3 Å². The third-order valence-electron chi connectivity index (χ3n) is 6.90. The van der Waals surface area contributed by atoms with E-state index >= 15 is 8.78 Å². The largest absolute Gasteiger partial charge is 0.527 e. The van der Waals surface area contributed by atoms with Gasteiger partial charge in [-0.15, -0.1) is 13.2 Å². The maximum atomic E-state index is 15.1. The second kappa shape index (κ2) is 11.4. The third-order valence-corrected chi connectivity index (χ3v) is 6.90. The fourth-order valence-electron chi connectivity index (χ4n) is 4.98. The molecule has 0 spiro atoms. The van der Waals surface area contributed by atoms with Crippen LogP contribution in [0.1, 0.15) is 24.5 Å². The first-order valence-corrected chi connectivity index (χ1v) is 13.0. The molecule has 5 rings (SSSR count). The van der Waals surface area contributed by atoms with Crippen LogP contribution >= 0.6 is 0 Å². The van der Waals surface area contributed by atoms with Gasteiger partial charge in [0.15, 0.2) is 0 Å². The molecule has 5 aromatic carbocycles. The van der Waals surface area contributed by atoms with Crippen molar-refractivity contribution in [3.8, 4) is 33.4 Å². The number of aryl methyl sites for hydroxylation is 1. The molecule has 5 aromatic rings. The first-order chi connectivity index (χ1) is 20.3. The SMILES string of the molecule is CCCc1ccc2cc(-c3ccc(-c4cc(F)c(-c5cc(F)c(C(F)(F)OC(F)(F)F)c(F)c5)c(F)c4)cc3)ccc2c1. The molecule has 0 atom stereocenters. The fourth-order valence-corrected chi connectivity index (χ4v) is 4.98. The Morgan fingerprint density at radius 3 is 1.58 bits per heavy atom. The molecule has 0 aliphatic heterocycles. The number of rotatable bonds is 7. The zero-order valence-electron chi connectivity index (χ0n) is 22.3. The lowest BCUT2D eigenvalue weighted by Crippen LogP contribution is -2.29. The monoisotopic (exact) mass is 604 g/mol. The van der Waals surface area contributed by atoms with Crippen LogP contribution in [-0.4, -0.2) is 6.36 Å². The van der Waals surface area contributed by atoms with Gasteiger partial charge in [-0.25, -0.2) is 22.3 Å². The van der Waals surface area contributed by atoms with Gasteiger partial charge in [-0.3, -0.25) is 0 Å². The lowest BCUT2D eigenvalue weighted by molar-refractivity contribution is -0.432. The highest BCUT2D eigenvalue weighted by molar-refractivity contribution is 5.88. The van der Waals surface area contributed by atoms with Crippen LogP contribution in [0.2, 0.25) is 0 Å². The second-order valence-electron chi connectivity index (χ2n) is 9.92. The number of hydrogen-bond donors (Lipinski definition) is 0. The molecule has 0 amide bonds. The van der Waals surface area contributed by atoms with Gasteiger partial charge in [0, 0.05) is 0 Å². The Morgan fingerprint density at radius 1 is 0.535 bits per heavy atom. The number of hydrogen-bond acceptors (Lipinski definition) is 1. The third kappa shape index (κ3) is 6.39. The molecule has 0 saturated carbocycles. The van der Waals surface area contributed by atoms with E-state index in [2.05, 4.69) is 29.9 Å². The molecule has 0 N–H and O–H groups in total. The zero-order chi connectivity index (χ0) is 31.1. The van der Waals surface area contributed by atoms with Crippen molar-refractivity contribution in [2.75, 3.05) is 0 Å². The molecular weight excluding hydrogens is 583 g/mol. The predicted octanol–water partition coefficient (Wildman–Crippen LogP) is 10.9. The van der Waals surface area contributed by atoms with Gasteiger partial charge in [0.05, 0.1) is 5.56 Å². The predicted molar refractivity (Wildman–Crippen MR) is 145 cm³/mol. The summed E-state index contributed by atoms with van der Waals surface area (Å²) in [5.74, 6) is -6.92. The molecule has 10 heteroatoms.